The fraction of sp³-hybridized carbons (Fsp3) is 0.211. The lowest BCUT2D eigenvalue weighted by Crippen LogP contribution is -2.48. The van der Waals surface area contributed by atoms with Crippen LogP contribution < -0.4 is 15.4 Å². The minimum Gasteiger partial charge on any atom is -0.482 e. The van der Waals surface area contributed by atoms with Crippen LogP contribution >= 0.6 is 0 Å². The second-order valence-corrected chi connectivity index (χ2v) is 6.54. The van der Waals surface area contributed by atoms with Crippen molar-refractivity contribution in [2.75, 3.05) is 25.1 Å². The molecular formula is C19H17FN4O6. The number of nitro benzene ring substituents is 1. The Morgan fingerprint density at radius 1 is 1.33 bits per heavy atom. The van der Waals surface area contributed by atoms with Gasteiger partial charge >= 0.3 is 0 Å². The van der Waals surface area contributed by atoms with Crippen molar-refractivity contribution in [1.82, 2.24) is 4.90 Å². The van der Waals surface area contributed by atoms with E-state index in [9.17, 15) is 28.9 Å². The number of hydrogen-bond acceptors (Lipinski definition) is 6. The number of carbonyl (C=O) groups excluding carboxylic acids is 3. The van der Waals surface area contributed by atoms with Gasteiger partial charge in [-0.2, -0.15) is 0 Å². The fourth-order valence-electron chi connectivity index (χ4n) is 3.12. The Kier molecular flexibility index (Phi) is 5.63. The van der Waals surface area contributed by atoms with Crippen molar-refractivity contribution >= 4 is 29.1 Å². The van der Waals surface area contributed by atoms with Crippen LogP contribution in [0.5, 0.6) is 5.75 Å². The lowest BCUT2D eigenvalue weighted by molar-refractivity contribution is -0.384. The monoisotopic (exact) mass is 416 g/mol. The maximum Gasteiger partial charge on any atom is 0.271 e. The highest BCUT2D eigenvalue weighted by Crippen LogP contribution is 2.35. The number of carbonyl (C=O) groups is 3. The van der Waals surface area contributed by atoms with Crippen LogP contribution in [0.15, 0.2) is 42.5 Å². The molecule has 1 heterocycles. The normalized spacial score (nSPS) is 13.8. The van der Waals surface area contributed by atoms with E-state index in [0.29, 0.717) is 0 Å². The van der Waals surface area contributed by atoms with E-state index in [1.165, 1.54) is 37.4 Å². The number of nitro groups is 1. The number of primary amides is 1. The molecule has 0 bridgehead atoms. The number of ether oxygens (including phenoxy) is 1. The van der Waals surface area contributed by atoms with Crippen molar-refractivity contribution in [3.8, 4) is 5.75 Å². The molecule has 1 aliphatic heterocycles. The highest BCUT2D eigenvalue weighted by Gasteiger charge is 2.33. The van der Waals surface area contributed by atoms with Crippen molar-refractivity contribution in [1.29, 1.82) is 0 Å². The minimum absolute atomic E-state index is 0.0589. The van der Waals surface area contributed by atoms with Crippen LogP contribution in [0.25, 0.3) is 0 Å². The molecule has 1 aliphatic rings. The predicted octanol–water partition coefficient (Wildman–Crippen LogP) is 1.14. The summed E-state index contributed by atoms with van der Waals surface area (Å²) in [5.74, 6) is -2.57. The standard InChI is InChI=1S/C19H17FN4O6/c1-22(18(19(21)27)11-3-2-4-12(20)7-11)16(25)9-23-14-8-13(24(28)29)5-6-15(14)30-10-17(23)26/h2-8,18H,9-10H2,1H3,(H2,21,27). The second kappa shape index (κ2) is 8.15. The molecule has 30 heavy (non-hydrogen) atoms. The van der Waals surface area contributed by atoms with Gasteiger partial charge in [-0.25, -0.2) is 4.39 Å². The van der Waals surface area contributed by atoms with Crippen LogP contribution in [0.4, 0.5) is 15.8 Å². The van der Waals surface area contributed by atoms with Gasteiger partial charge in [-0.15, -0.1) is 0 Å². The van der Waals surface area contributed by atoms with Gasteiger partial charge < -0.3 is 15.4 Å². The lowest BCUT2D eigenvalue weighted by Gasteiger charge is -2.32. The molecule has 10 nitrogen and oxygen atoms in total. The van der Waals surface area contributed by atoms with Gasteiger partial charge in [-0.3, -0.25) is 29.4 Å². The number of rotatable bonds is 6. The van der Waals surface area contributed by atoms with Crippen molar-refractivity contribution in [3.05, 3.63) is 64.0 Å². The Labute approximate surface area is 169 Å². The Balaban J connectivity index is 1.89. The SMILES string of the molecule is CN(C(=O)CN1C(=O)COc2ccc([N+](=O)[O-])cc21)C(C(N)=O)c1cccc(F)c1. The van der Waals surface area contributed by atoms with Crippen LogP contribution in [0.1, 0.15) is 11.6 Å². The van der Waals surface area contributed by atoms with E-state index in [1.54, 1.807) is 0 Å². The first-order valence-corrected chi connectivity index (χ1v) is 8.71. The van der Waals surface area contributed by atoms with Gasteiger partial charge in [0.05, 0.1) is 10.6 Å². The van der Waals surface area contributed by atoms with Crippen LogP contribution in [-0.4, -0.2) is 47.7 Å². The van der Waals surface area contributed by atoms with E-state index in [4.69, 9.17) is 10.5 Å². The zero-order chi connectivity index (χ0) is 22.0. The van der Waals surface area contributed by atoms with Crippen molar-refractivity contribution in [2.24, 2.45) is 5.73 Å². The first-order valence-electron chi connectivity index (χ1n) is 8.71. The Morgan fingerprint density at radius 3 is 2.70 bits per heavy atom. The molecular weight excluding hydrogens is 399 g/mol. The van der Waals surface area contributed by atoms with Gasteiger partial charge in [0.2, 0.25) is 11.8 Å². The predicted molar refractivity (Wildman–Crippen MR) is 102 cm³/mol. The number of nitrogens with zero attached hydrogens (tertiary/aromatic N) is 3. The molecule has 2 N–H and O–H groups in total. The van der Waals surface area contributed by atoms with E-state index in [-0.39, 0.29) is 29.3 Å². The van der Waals surface area contributed by atoms with Crippen molar-refractivity contribution in [2.45, 2.75) is 6.04 Å². The highest BCUT2D eigenvalue weighted by atomic mass is 19.1. The summed E-state index contributed by atoms with van der Waals surface area (Å²) in [6.45, 7) is -0.878. The number of anilines is 1. The molecule has 3 amide bonds. The maximum atomic E-state index is 13.6. The number of fused-ring (bicyclic) bond motifs is 1. The summed E-state index contributed by atoms with van der Waals surface area (Å²) in [5, 5.41) is 11.1. The zero-order valence-electron chi connectivity index (χ0n) is 15.8. The number of hydrogen-bond donors (Lipinski definition) is 1. The van der Waals surface area contributed by atoms with Gasteiger partial charge in [0.25, 0.3) is 11.6 Å². The number of halogens is 1. The van der Waals surface area contributed by atoms with Gasteiger partial charge in [0.1, 0.15) is 24.2 Å². The zero-order valence-corrected chi connectivity index (χ0v) is 15.8. The molecule has 2 aromatic carbocycles. The maximum absolute atomic E-state index is 13.6. The molecule has 0 aliphatic carbocycles. The van der Waals surface area contributed by atoms with Crippen molar-refractivity contribution < 1.29 is 28.4 Å². The van der Waals surface area contributed by atoms with Crippen molar-refractivity contribution in [3.63, 3.8) is 0 Å². The molecule has 1 atom stereocenters. The third-order valence-electron chi connectivity index (χ3n) is 4.60. The molecule has 0 aromatic heterocycles. The van der Waals surface area contributed by atoms with Crippen LogP contribution in [0, 0.1) is 15.9 Å². The van der Waals surface area contributed by atoms with E-state index >= 15 is 0 Å². The van der Waals surface area contributed by atoms with Crippen LogP contribution in [-0.2, 0) is 14.4 Å². The molecule has 0 saturated carbocycles. The summed E-state index contributed by atoms with van der Waals surface area (Å²) >= 11 is 0. The second-order valence-electron chi connectivity index (χ2n) is 6.54. The number of nitrogens with two attached hydrogens (primary N) is 1. The average molecular weight is 416 g/mol. The molecule has 0 spiro atoms. The number of amides is 3. The van der Waals surface area contributed by atoms with E-state index in [1.807, 2.05) is 0 Å². The molecule has 156 valence electrons. The Morgan fingerprint density at radius 2 is 2.07 bits per heavy atom. The summed E-state index contributed by atoms with van der Waals surface area (Å²) in [7, 11) is 1.29. The molecule has 0 fully saturated rings. The third kappa shape index (κ3) is 4.04. The van der Waals surface area contributed by atoms with Gasteiger partial charge in [-0.05, 0) is 23.8 Å². The van der Waals surface area contributed by atoms with Gasteiger partial charge in [0.15, 0.2) is 6.61 Å². The minimum atomic E-state index is -1.27. The summed E-state index contributed by atoms with van der Waals surface area (Å²) < 4.78 is 18.8. The average Bonchev–Trinajstić information content (AvgIpc) is 2.69. The third-order valence-corrected chi connectivity index (χ3v) is 4.60. The van der Waals surface area contributed by atoms with E-state index < -0.39 is 41.0 Å². The number of benzene rings is 2. The van der Waals surface area contributed by atoms with E-state index in [2.05, 4.69) is 0 Å². The van der Waals surface area contributed by atoms with Gasteiger partial charge in [-0.1, -0.05) is 12.1 Å². The Bertz CT molecular complexity index is 1040. The topological polar surface area (TPSA) is 136 Å². The van der Waals surface area contributed by atoms with Crippen LogP contribution in [0.2, 0.25) is 0 Å². The van der Waals surface area contributed by atoms with Gasteiger partial charge in [0, 0.05) is 19.2 Å². The molecule has 3 rings (SSSR count). The summed E-state index contributed by atoms with van der Waals surface area (Å²) in [4.78, 5) is 49.6. The Hall–Kier alpha value is -4.02. The number of likely N-dealkylation sites (N-methyl/N-ethyl adjacent to an activating group) is 1. The smallest absolute Gasteiger partial charge is 0.271 e. The summed E-state index contributed by atoms with van der Waals surface area (Å²) in [6.07, 6.45) is 0. The summed E-state index contributed by atoms with van der Waals surface area (Å²) in [5.41, 5.74) is 5.36. The quantitative estimate of drug-likeness (QED) is 0.554. The fourth-order valence-corrected chi connectivity index (χ4v) is 3.12. The van der Waals surface area contributed by atoms with E-state index in [0.717, 1.165) is 21.9 Å². The number of non-ortho nitro benzene ring substituents is 1. The first kappa shape index (κ1) is 20.7. The van der Waals surface area contributed by atoms with Crippen LogP contribution in [0.3, 0.4) is 0 Å². The molecule has 11 heteroatoms. The molecule has 0 saturated heterocycles. The first-order chi connectivity index (χ1) is 14.2. The largest absolute Gasteiger partial charge is 0.482 e. The molecule has 0 radical (unpaired) electrons. The molecule has 1 unspecified atom stereocenters. The lowest BCUT2D eigenvalue weighted by atomic mass is 10.0. The molecule has 2 aromatic rings. The summed E-state index contributed by atoms with van der Waals surface area (Å²) in [6, 6.07) is 7.48. The highest BCUT2D eigenvalue weighted by molar-refractivity contribution is 6.03.